The molecule has 1 amide bonds. The maximum Gasteiger partial charge on any atom is 0.225 e. The molecule has 29 heavy (non-hydrogen) atoms. The van der Waals surface area contributed by atoms with Crippen LogP contribution in [0.1, 0.15) is 63.0 Å². The highest BCUT2D eigenvalue weighted by atomic mass is 32.1. The maximum absolute atomic E-state index is 13.0. The molecule has 1 aromatic carbocycles. The summed E-state index contributed by atoms with van der Waals surface area (Å²) in [5.41, 5.74) is 3.69. The highest BCUT2D eigenvalue weighted by Gasteiger charge is 2.31. The summed E-state index contributed by atoms with van der Waals surface area (Å²) in [4.78, 5) is 22.4. The second-order valence-electron chi connectivity index (χ2n) is 9.10. The first kappa shape index (κ1) is 20.6. The number of anilines is 1. The molecule has 1 aliphatic carbocycles. The minimum absolute atomic E-state index is 0.271. The largest absolute Gasteiger partial charge is 0.345 e. The average molecular weight is 414 g/mol. The van der Waals surface area contributed by atoms with Gasteiger partial charge in [-0.25, -0.2) is 4.98 Å². The Kier molecular flexibility index (Phi) is 6.43. The quantitative estimate of drug-likeness (QED) is 0.644. The third-order valence-corrected chi connectivity index (χ3v) is 8.10. The zero-order valence-electron chi connectivity index (χ0n) is 18.2. The smallest absolute Gasteiger partial charge is 0.225 e. The van der Waals surface area contributed by atoms with E-state index in [1.165, 1.54) is 47.9 Å². The van der Waals surface area contributed by atoms with E-state index in [0.717, 1.165) is 55.6 Å². The van der Waals surface area contributed by atoms with E-state index in [4.69, 9.17) is 4.98 Å². The summed E-state index contributed by atoms with van der Waals surface area (Å²) in [5, 5.41) is 1.11. The summed E-state index contributed by atoms with van der Waals surface area (Å²) < 4.78 is 1.30. The minimum Gasteiger partial charge on any atom is -0.345 e. The summed E-state index contributed by atoms with van der Waals surface area (Å²) >= 11 is 1.79. The van der Waals surface area contributed by atoms with Crippen molar-refractivity contribution in [2.24, 2.45) is 11.8 Å². The van der Waals surface area contributed by atoms with E-state index in [0.29, 0.717) is 5.91 Å². The lowest BCUT2D eigenvalue weighted by atomic mass is 9.79. The third-order valence-electron chi connectivity index (χ3n) is 6.83. The van der Waals surface area contributed by atoms with Gasteiger partial charge >= 0.3 is 0 Å². The van der Waals surface area contributed by atoms with Crippen molar-refractivity contribution >= 4 is 32.6 Å². The summed E-state index contributed by atoms with van der Waals surface area (Å²) in [6.45, 7) is 10.0. The zero-order valence-corrected chi connectivity index (χ0v) is 19.1. The normalized spacial score (nSPS) is 23.0. The van der Waals surface area contributed by atoms with Crippen molar-refractivity contribution in [1.29, 1.82) is 0 Å². The molecule has 1 saturated carbocycles. The van der Waals surface area contributed by atoms with Crippen LogP contribution < -0.4 is 4.90 Å². The minimum atomic E-state index is 0.271. The van der Waals surface area contributed by atoms with Crippen molar-refractivity contribution in [1.82, 2.24) is 9.88 Å². The molecular formula is C24H35N3OS. The predicted molar refractivity (Wildman–Crippen MR) is 123 cm³/mol. The topological polar surface area (TPSA) is 36.4 Å². The highest BCUT2D eigenvalue weighted by Crippen LogP contribution is 2.34. The fraction of sp³-hybridized carbons (Fsp3) is 0.667. The molecule has 2 aliphatic rings. The van der Waals surface area contributed by atoms with Crippen LogP contribution in [0.2, 0.25) is 0 Å². The number of unbranched alkanes of at least 4 members (excludes halogenated alkanes) is 1. The van der Waals surface area contributed by atoms with Crippen LogP contribution in [0.25, 0.3) is 10.2 Å². The number of nitrogens with zero attached hydrogens (tertiary/aromatic N) is 3. The summed E-state index contributed by atoms with van der Waals surface area (Å²) in [6.07, 6.45) is 8.69. The van der Waals surface area contributed by atoms with E-state index in [1.807, 2.05) is 0 Å². The van der Waals surface area contributed by atoms with Crippen LogP contribution in [0.3, 0.4) is 0 Å². The van der Waals surface area contributed by atoms with Gasteiger partial charge in [0.25, 0.3) is 0 Å². The van der Waals surface area contributed by atoms with Crippen LogP contribution >= 0.6 is 11.3 Å². The molecule has 1 aliphatic heterocycles. The van der Waals surface area contributed by atoms with E-state index in [-0.39, 0.29) is 5.92 Å². The number of rotatable bonds is 5. The fourth-order valence-corrected chi connectivity index (χ4v) is 6.13. The molecule has 0 spiro atoms. The molecule has 0 bridgehead atoms. The number of carbonyl (C=O) groups excluding carboxylic acids is 1. The Morgan fingerprint density at radius 3 is 2.52 bits per heavy atom. The number of aryl methyl sites for hydroxylation is 2. The fourth-order valence-electron chi connectivity index (χ4n) is 5.07. The van der Waals surface area contributed by atoms with Gasteiger partial charge < -0.3 is 9.80 Å². The lowest BCUT2D eigenvalue weighted by Gasteiger charge is -2.37. The first-order chi connectivity index (χ1) is 14.0. The van der Waals surface area contributed by atoms with Gasteiger partial charge in [0.1, 0.15) is 0 Å². The molecule has 2 heterocycles. The van der Waals surface area contributed by atoms with Crippen LogP contribution in [0.4, 0.5) is 5.13 Å². The molecular weight excluding hydrogens is 378 g/mol. The van der Waals surface area contributed by atoms with Crippen molar-refractivity contribution in [3.8, 4) is 0 Å². The average Bonchev–Trinajstić information content (AvgIpc) is 3.17. The Bertz CT molecular complexity index is 845. The van der Waals surface area contributed by atoms with E-state index in [9.17, 15) is 4.79 Å². The van der Waals surface area contributed by atoms with Crippen LogP contribution in [-0.2, 0) is 4.79 Å². The highest BCUT2D eigenvalue weighted by molar-refractivity contribution is 7.22. The molecule has 0 radical (unpaired) electrons. The maximum atomic E-state index is 13.0. The summed E-state index contributed by atoms with van der Waals surface area (Å²) in [7, 11) is 0. The molecule has 0 N–H and O–H groups in total. The van der Waals surface area contributed by atoms with Crippen molar-refractivity contribution in [2.75, 3.05) is 31.1 Å². The van der Waals surface area contributed by atoms with Gasteiger partial charge in [0, 0.05) is 32.1 Å². The van der Waals surface area contributed by atoms with Gasteiger partial charge in [0.15, 0.2) is 5.13 Å². The molecule has 158 valence electrons. The third kappa shape index (κ3) is 4.60. The molecule has 5 heteroatoms. The van der Waals surface area contributed by atoms with Crippen molar-refractivity contribution in [3.05, 3.63) is 23.3 Å². The van der Waals surface area contributed by atoms with Gasteiger partial charge in [-0.1, -0.05) is 43.6 Å². The van der Waals surface area contributed by atoms with Crippen molar-refractivity contribution in [2.45, 2.75) is 65.7 Å². The molecule has 2 fully saturated rings. The van der Waals surface area contributed by atoms with Crippen LogP contribution in [0, 0.1) is 25.7 Å². The second kappa shape index (κ2) is 9.03. The molecule has 2 aromatic rings. The van der Waals surface area contributed by atoms with E-state index >= 15 is 0 Å². The molecule has 4 rings (SSSR count). The number of hydrogen-bond donors (Lipinski definition) is 0. The first-order valence-electron chi connectivity index (χ1n) is 11.5. The molecule has 1 saturated heterocycles. The lowest BCUT2D eigenvalue weighted by molar-refractivity contribution is -0.137. The van der Waals surface area contributed by atoms with Crippen LogP contribution in [0.5, 0.6) is 0 Å². The Labute approximate surface area is 179 Å². The van der Waals surface area contributed by atoms with Gasteiger partial charge in [0.2, 0.25) is 5.91 Å². The van der Waals surface area contributed by atoms with Crippen LogP contribution in [-0.4, -0.2) is 42.0 Å². The molecule has 0 atom stereocenters. The number of fused-ring (bicyclic) bond motifs is 1. The van der Waals surface area contributed by atoms with Gasteiger partial charge in [-0.15, -0.1) is 0 Å². The van der Waals surface area contributed by atoms with Crippen LogP contribution in [0.15, 0.2) is 12.1 Å². The number of hydrogen-bond acceptors (Lipinski definition) is 4. The zero-order chi connectivity index (χ0) is 20.4. The van der Waals surface area contributed by atoms with E-state index in [2.05, 4.69) is 42.7 Å². The molecule has 4 nitrogen and oxygen atoms in total. The van der Waals surface area contributed by atoms with Gasteiger partial charge in [-0.05, 0) is 62.6 Å². The van der Waals surface area contributed by atoms with Gasteiger partial charge in [-0.3, -0.25) is 4.79 Å². The number of carbonyl (C=O) groups is 1. The second-order valence-corrected chi connectivity index (χ2v) is 10.1. The monoisotopic (exact) mass is 413 g/mol. The summed E-state index contributed by atoms with van der Waals surface area (Å²) in [6, 6.07) is 4.41. The number of amides is 1. The number of benzene rings is 1. The Morgan fingerprint density at radius 2 is 1.83 bits per heavy atom. The lowest BCUT2D eigenvalue weighted by Crippen LogP contribution is -2.50. The SMILES string of the molecule is CCCCC1CCC(C(=O)N2CCN(c3nc4cc(C)cc(C)c4s3)CC2)CC1. The van der Waals surface area contributed by atoms with E-state index in [1.54, 1.807) is 11.3 Å². The Morgan fingerprint density at radius 1 is 1.10 bits per heavy atom. The number of piperazine rings is 1. The molecule has 0 unspecified atom stereocenters. The molecule has 1 aromatic heterocycles. The standard InChI is InChI=1S/C24H35N3OS/c1-4-5-6-19-7-9-20(10-8-19)23(28)26-11-13-27(14-12-26)24-25-21-16-17(2)15-18(3)22(21)29-24/h15-16,19-20H,4-14H2,1-3H3. The van der Waals surface area contributed by atoms with E-state index < -0.39 is 0 Å². The predicted octanol–water partition coefficient (Wildman–Crippen LogP) is 5.56. The van der Waals surface area contributed by atoms with Gasteiger partial charge in [-0.2, -0.15) is 0 Å². The summed E-state index contributed by atoms with van der Waals surface area (Å²) in [5.74, 6) is 1.55. The van der Waals surface area contributed by atoms with Crippen molar-refractivity contribution in [3.63, 3.8) is 0 Å². The number of aromatic nitrogens is 1. The number of thiazole rings is 1. The Hall–Kier alpha value is -1.62. The van der Waals surface area contributed by atoms with Crippen molar-refractivity contribution < 1.29 is 4.79 Å². The van der Waals surface area contributed by atoms with Gasteiger partial charge in [0.05, 0.1) is 10.2 Å². The Balaban J connectivity index is 1.31. The first-order valence-corrected chi connectivity index (χ1v) is 12.3.